The average molecular weight is 344 g/mol. The van der Waals surface area contributed by atoms with Crippen molar-refractivity contribution in [3.05, 3.63) is 29.3 Å². The van der Waals surface area contributed by atoms with Crippen molar-refractivity contribution in [1.82, 2.24) is 4.72 Å². The Kier molecular flexibility index (Phi) is 5.86. The summed E-state index contributed by atoms with van der Waals surface area (Å²) in [7, 11) is -1.70. The smallest absolute Gasteiger partial charge is 0.337 e. The largest absolute Gasteiger partial charge is 0.465 e. The van der Waals surface area contributed by atoms with E-state index in [2.05, 4.69) is 14.2 Å². The number of esters is 2. The molecule has 1 aromatic rings. The molecule has 0 heterocycles. The Bertz CT molecular complexity index is 678. The number of nitrogens with one attached hydrogen (secondary N) is 1. The van der Waals surface area contributed by atoms with Gasteiger partial charge in [0.15, 0.2) is 0 Å². The monoisotopic (exact) mass is 344 g/mol. The molecule has 0 atom stereocenters. The number of hydrogen-bond donors (Lipinski definition) is 2. The number of carbonyl (C=O) groups is 2. The van der Waals surface area contributed by atoms with Gasteiger partial charge in [0.05, 0.1) is 30.2 Å². The van der Waals surface area contributed by atoms with Gasteiger partial charge in [0, 0.05) is 12.1 Å². The molecule has 9 heteroatoms. The van der Waals surface area contributed by atoms with Gasteiger partial charge in [-0.1, -0.05) is 0 Å². The van der Waals surface area contributed by atoms with Crippen LogP contribution in [0.4, 0.5) is 0 Å². The molecule has 0 aliphatic rings. The van der Waals surface area contributed by atoms with Crippen LogP contribution in [0.5, 0.6) is 0 Å². The maximum absolute atomic E-state index is 12.5. The SMILES string of the molecule is COC(=O)c1cc(C(=O)OC)cc(S(=O)(=O)NC(C)(C)CN)c1. The maximum atomic E-state index is 12.5. The Labute approximate surface area is 135 Å². The first-order valence-corrected chi connectivity index (χ1v) is 8.10. The van der Waals surface area contributed by atoms with E-state index in [0.29, 0.717) is 0 Å². The predicted molar refractivity (Wildman–Crippen MR) is 82.6 cm³/mol. The Morgan fingerprint density at radius 2 is 1.52 bits per heavy atom. The highest BCUT2D eigenvalue weighted by molar-refractivity contribution is 7.89. The molecule has 1 aromatic carbocycles. The number of carbonyl (C=O) groups excluding carboxylic acids is 2. The van der Waals surface area contributed by atoms with Gasteiger partial charge in [0.2, 0.25) is 10.0 Å². The molecular formula is C14H20N2O6S. The number of sulfonamides is 1. The summed E-state index contributed by atoms with van der Waals surface area (Å²) in [6.45, 7) is 3.28. The van der Waals surface area contributed by atoms with Crippen molar-refractivity contribution in [2.75, 3.05) is 20.8 Å². The van der Waals surface area contributed by atoms with E-state index in [-0.39, 0.29) is 22.6 Å². The fraction of sp³-hybridized carbons (Fsp3) is 0.429. The fourth-order valence-electron chi connectivity index (χ4n) is 1.69. The molecule has 128 valence electrons. The third-order valence-electron chi connectivity index (χ3n) is 2.98. The van der Waals surface area contributed by atoms with Gasteiger partial charge in [-0.2, -0.15) is 0 Å². The molecule has 0 fully saturated rings. The highest BCUT2D eigenvalue weighted by Crippen LogP contribution is 2.19. The average Bonchev–Trinajstić information content (AvgIpc) is 2.51. The number of rotatable bonds is 6. The standard InChI is InChI=1S/C14H20N2O6S/c1-14(2,8-15)16-23(19,20)11-6-9(12(17)21-3)5-10(7-11)13(18)22-4/h5-7,16H,8,15H2,1-4H3. The van der Waals surface area contributed by atoms with Crippen molar-refractivity contribution < 1.29 is 27.5 Å². The van der Waals surface area contributed by atoms with E-state index in [0.717, 1.165) is 26.4 Å². The van der Waals surface area contributed by atoms with Gasteiger partial charge in [0.25, 0.3) is 0 Å². The van der Waals surface area contributed by atoms with E-state index in [1.165, 1.54) is 6.07 Å². The van der Waals surface area contributed by atoms with E-state index in [4.69, 9.17) is 5.73 Å². The van der Waals surface area contributed by atoms with Gasteiger partial charge in [0.1, 0.15) is 0 Å². The molecule has 0 bridgehead atoms. The molecule has 0 aliphatic heterocycles. The van der Waals surface area contributed by atoms with E-state index in [9.17, 15) is 18.0 Å². The summed E-state index contributed by atoms with van der Waals surface area (Å²) in [6.07, 6.45) is 0. The Morgan fingerprint density at radius 3 is 1.87 bits per heavy atom. The van der Waals surface area contributed by atoms with Crippen molar-refractivity contribution in [2.24, 2.45) is 5.73 Å². The lowest BCUT2D eigenvalue weighted by Gasteiger charge is -2.24. The van der Waals surface area contributed by atoms with E-state index >= 15 is 0 Å². The minimum atomic E-state index is -4.00. The second kappa shape index (κ2) is 7.07. The van der Waals surface area contributed by atoms with E-state index in [1.54, 1.807) is 13.8 Å². The predicted octanol–water partition coefficient (Wildman–Crippen LogP) is 0.275. The summed E-state index contributed by atoms with van der Waals surface area (Å²) in [5.41, 5.74) is 4.45. The molecular weight excluding hydrogens is 324 g/mol. The van der Waals surface area contributed by atoms with Crippen LogP contribution >= 0.6 is 0 Å². The number of hydrogen-bond acceptors (Lipinski definition) is 7. The van der Waals surface area contributed by atoms with Crippen LogP contribution < -0.4 is 10.5 Å². The minimum absolute atomic E-state index is 0.0623. The quantitative estimate of drug-likeness (QED) is 0.710. The topological polar surface area (TPSA) is 125 Å². The Balaban J connectivity index is 3.45. The first kappa shape index (κ1) is 19.1. The molecule has 23 heavy (non-hydrogen) atoms. The number of methoxy groups -OCH3 is 2. The fourth-order valence-corrected chi connectivity index (χ4v) is 3.18. The molecule has 0 amide bonds. The zero-order valence-electron chi connectivity index (χ0n) is 13.4. The summed E-state index contributed by atoms with van der Waals surface area (Å²) in [4.78, 5) is 23.1. The van der Waals surface area contributed by atoms with Crippen molar-refractivity contribution in [2.45, 2.75) is 24.3 Å². The van der Waals surface area contributed by atoms with Crippen LogP contribution in [0.3, 0.4) is 0 Å². The van der Waals surface area contributed by atoms with Crippen LogP contribution in [0.25, 0.3) is 0 Å². The summed E-state index contributed by atoms with van der Waals surface area (Å²) < 4.78 is 36.5. The summed E-state index contributed by atoms with van der Waals surface area (Å²) in [5.74, 6) is -1.55. The molecule has 0 aliphatic carbocycles. The minimum Gasteiger partial charge on any atom is -0.465 e. The zero-order valence-corrected chi connectivity index (χ0v) is 14.2. The molecule has 3 N–H and O–H groups in total. The lowest BCUT2D eigenvalue weighted by atomic mass is 10.1. The van der Waals surface area contributed by atoms with Crippen LogP contribution in [0, 0.1) is 0 Å². The highest BCUT2D eigenvalue weighted by Gasteiger charge is 2.27. The van der Waals surface area contributed by atoms with E-state index < -0.39 is 27.5 Å². The second-order valence-corrected chi connectivity index (χ2v) is 7.11. The first-order chi connectivity index (χ1) is 10.6. The van der Waals surface area contributed by atoms with Crippen molar-refractivity contribution in [3.63, 3.8) is 0 Å². The van der Waals surface area contributed by atoms with Crippen LogP contribution in [0.15, 0.2) is 23.1 Å². The van der Waals surface area contributed by atoms with E-state index in [1.807, 2.05) is 0 Å². The van der Waals surface area contributed by atoms with Gasteiger partial charge in [-0.25, -0.2) is 22.7 Å². The van der Waals surface area contributed by atoms with Crippen LogP contribution in [-0.2, 0) is 19.5 Å². The summed E-state index contributed by atoms with van der Waals surface area (Å²) >= 11 is 0. The number of benzene rings is 1. The normalized spacial score (nSPS) is 11.9. The van der Waals surface area contributed by atoms with Crippen LogP contribution in [0.2, 0.25) is 0 Å². The summed E-state index contributed by atoms with van der Waals surface area (Å²) in [6, 6.07) is 3.44. The highest BCUT2D eigenvalue weighted by atomic mass is 32.2. The molecule has 0 unspecified atom stereocenters. The Hall–Kier alpha value is -1.97. The second-order valence-electron chi connectivity index (χ2n) is 5.42. The molecule has 1 rings (SSSR count). The molecule has 0 saturated heterocycles. The van der Waals surface area contributed by atoms with Gasteiger partial charge in [-0.05, 0) is 32.0 Å². The molecule has 0 aromatic heterocycles. The van der Waals surface area contributed by atoms with Gasteiger partial charge in [-0.15, -0.1) is 0 Å². The third-order valence-corrected chi connectivity index (χ3v) is 4.66. The summed E-state index contributed by atoms with van der Waals surface area (Å²) in [5, 5.41) is 0. The lowest BCUT2D eigenvalue weighted by molar-refractivity contribution is 0.0598. The number of nitrogens with two attached hydrogens (primary N) is 1. The molecule has 0 spiro atoms. The zero-order chi connectivity index (χ0) is 17.8. The van der Waals surface area contributed by atoms with Crippen LogP contribution in [-0.4, -0.2) is 46.7 Å². The third kappa shape index (κ3) is 4.75. The van der Waals surface area contributed by atoms with Gasteiger partial charge in [-0.3, -0.25) is 0 Å². The molecule has 8 nitrogen and oxygen atoms in total. The Morgan fingerprint density at radius 1 is 1.09 bits per heavy atom. The lowest BCUT2D eigenvalue weighted by Crippen LogP contribution is -2.48. The number of ether oxygens (including phenoxy) is 2. The maximum Gasteiger partial charge on any atom is 0.337 e. The van der Waals surface area contributed by atoms with Crippen molar-refractivity contribution >= 4 is 22.0 Å². The molecule has 0 radical (unpaired) electrons. The van der Waals surface area contributed by atoms with Gasteiger partial charge < -0.3 is 15.2 Å². The van der Waals surface area contributed by atoms with Gasteiger partial charge >= 0.3 is 11.9 Å². The molecule has 0 saturated carbocycles. The van der Waals surface area contributed by atoms with Crippen molar-refractivity contribution in [1.29, 1.82) is 0 Å². The van der Waals surface area contributed by atoms with Crippen LogP contribution in [0.1, 0.15) is 34.6 Å². The van der Waals surface area contributed by atoms with Crippen molar-refractivity contribution in [3.8, 4) is 0 Å². The first-order valence-electron chi connectivity index (χ1n) is 6.62.